The van der Waals surface area contributed by atoms with Crippen LogP contribution in [0.2, 0.25) is 0 Å². The summed E-state index contributed by atoms with van der Waals surface area (Å²) in [5.41, 5.74) is 1.51. The fourth-order valence-electron chi connectivity index (χ4n) is 4.97. The van der Waals surface area contributed by atoms with E-state index < -0.39 is 34.4 Å². The summed E-state index contributed by atoms with van der Waals surface area (Å²) in [5.74, 6) is -1.06. The van der Waals surface area contributed by atoms with Crippen LogP contribution in [-0.2, 0) is 25.8 Å². The minimum absolute atomic E-state index is 0.0143. The number of benzene rings is 2. The van der Waals surface area contributed by atoms with E-state index in [0.29, 0.717) is 19.5 Å². The molecule has 0 radical (unpaired) electrons. The molecule has 1 aliphatic rings. The summed E-state index contributed by atoms with van der Waals surface area (Å²) in [6.07, 6.45) is -2.73. The number of rotatable bonds is 11. The summed E-state index contributed by atoms with van der Waals surface area (Å²) in [6, 6.07) is 14.9. The van der Waals surface area contributed by atoms with E-state index in [1.807, 2.05) is 17.9 Å². The van der Waals surface area contributed by atoms with Crippen molar-refractivity contribution in [3.63, 3.8) is 0 Å². The van der Waals surface area contributed by atoms with Gasteiger partial charge >= 0.3 is 6.18 Å². The second-order valence-electron chi connectivity index (χ2n) is 9.96. The highest BCUT2D eigenvalue weighted by Gasteiger charge is 2.32. The lowest BCUT2D eigenvalue weighted by Crippen LogP contribution is -2.48. The van der Waals surface area contributed by atoms with Gasteiger partial charge in [0.25, 0.3) is 0 Å². The van der Waals surface area contributed by atoms with Gasteiger partial charge in [-0.1, -0.05) is 42.5 Å². The number of carbonyl (C=O) groups excluding carboxylic acids is 2. The Labute approximate surface area is 228 Å². The highest BCUT2D eigenvalue weighted by molar-refractivity contribution is 7.90. The van der Waals surface area contributed by atoms with Crippen LogP contribution in [0.4, 0.5) is 13.2 Å². The lowest BCUT2D eigenvalue weighted by molar-refractivity contribution is -0.154. The molecule has 0 bridgehead atoms. The molecule has 2 aromatic rings. The molecule has 1 heterocycles. The first-order chi connectivity index (χ1) is 18.4. The third-order valence-electron chi connectivity index (χ3n) is 7.00. The van der Waals surface area contributed by atoms with Gasteiger partial charge in [-0.15, -0.1) is 0 Å². The zero-order valence-corrected chi connectivity index (χ0v) is 23.1. The van der Waals surface area contributed by atoms with E-state index in [-0.39, 0.29) is 23.3 Å². The van der Waals surface area contributed by atoms with Crippen LogP contribution in [0.25, 0.3) is 0 Å². The number of carbonyl (C=O) groups is 2. The number of alkyl halides is 3. The Balaban J connectivity index is 1.53. The van der Waals surface area contributed by atoms with Crippen LogP contribution in [0.1, 0.15) is 49.8 Å². The van der Waals surface area contributed by atoms with E-state index in [4.69, 9.17) is 0 Å². The summed E-state index contributed by atoms with van der Waals surface area (Å²) in [5, 5.41) is 2.54. The summed E-state index contributed by atoms with van der Waals surface area (Å²) in [6.45, 7) is 4.56. The second-order valence-corrected chi connectivity index (χ2v) is 12.0. The van der Waals surface area contributed by atoms with E-state index in [2.05, 4.69) is 10.2 Å². The predicted molar refractivity (Wildman–Crippen MR) is 143 cm³/mol. The van der Waals surface area contributed by atoms with E-state index in [0.717, 1.165) is 43.3 Å². The lowest BCUT2D eigenvalue weighted by Gasteiger charge is -2.38. The standard InChI is InChI=1S/C28H36F3N3O4S/c1-3-34(27(36)19-21-9-11-24(12-10-21)39(2,37)38)23-13-16-33(17-14-23)18-15-25(22-7-5-4-6-8-22)32-26(35)20-28(29,30)31/h4-12,23,25H,3,13-20H2,1-2H3,(H,32,35). The molecule has 1 N–H and O–H groups in total. The third kappa shape index (κ3) is 9.65. The van der Waals surface area contributed by atoms with E-state index in [9.17, 15) is 31.2 Å². The molecule has 39 heavy (non-hydrogen) atoms. The molecule has 0 spiro atoms. The molecule has 1 atom stereocenters. The summed E-state index contributed by atoms with van der Waals surface area (Å²) >= 11 is 0. The SMILES string of the molecule is CCN(C(=O)Cc1ccc(S(C)(=O)=O)cc1)C1CCN(CCC(NC(=O)CC(F)(F)F)c2ccccc2)CC1. The first-order valence-corrected chi connectivity index (χ1v) is 15.0. The molecular weight excluding hydrogens is 531 g/mol. The Morgan fingerprint density at radius 2 is 1.67 bits per heavy atom. The predicted octanol–water partition coefficient (Wildman–Crippen LogP) is 4.15. The van der Waals surface area contributed by atoms with Crippen LogP contribution < -0.4 is 5.32 Å². The molecular formula is C28H36F3N3O4S. The van der Waals surface area contributed by atoms with Crippen molar-refractivity contribution in [1.29, 1.82) is 0 Å². The van der Waals surface area contributed by atoms with Crippen molar-refractivity contribution in [2.24, 2.45) is 0 Å². The van der Waals surface area contributed by atoms with Gasteiger partial charge in [0.15, 0.2) is 9.84 Å². The number of hydrogen-bond donors (Lipinski definition) is 1. The molecule has 1 fully saturated rings. The second kappa shape index (κ2) is 13.4. The molecule has 2 aromatic carbocycles. The number of likely N-dealkylation sites (tertiary alicyclic amines) is 1. The van der Waals surface area contributed by atoms with Crippen LogP contribution in [0.3, 0.4) is 0 Å². The average molecular weight is 568 g/mol. The van der Waals surface area contributed by atoms with Gasteiger partial charge in [-0.2, -0.15) is 13.2 Å². The minimum atomic E-state index is -4.56. The maximum Gasteiger partial charge on any atom is 0.397 e. The largest absolute Gasteiger partial charge is 0.397 e. The van der Waals surface area contributed by atoms with Gasteiger partial charge in [0, 0.05) is 38.5 Å². The molecule has 214 valence electrons. The van der Waals surface area contributed by atoms with Crippen molar-refractivity contribution in [1.82, 2.24) is 15.1 Å². The number of nitrogens with zero attached hydrogens (tertiary/aromatic N) is 2. The number of sulfone groups is 1. The maximum absolute atomic E-state index is 13.1. The first kappa shape index (κ1) is 30.6. The number of amides is 2. The highest BCUT2D eigenvalue weighted by atomic mass is 32.2. The number of piperidine rings is 1. The van der Waals surface area contributed by atoms with E-state index in [1.165, 1.54) is 12.1 Å². The Bertz CT molecular complexity index is 1200. The van der Waals surface area contributed by atoms with Gasteiger partial charge in [-0.25, -0.2) is 8.42 Å². The van der Waals surface area contributed by atoms with Gasteiger partial charge in [-0.3, -0.25) is 9.59 Å². The van der Waals surface area contributed by atoms with Gasteiger partial charge in [0.1, 0.15) is 6.42 Å². The van der Waals surface area contributed by atoms with Gasteiger partial charge in [0.2, 0.25) is 11.8 Å². The molecule has 2 amide bonds. The summed E-state index contributed by atoms with van der Waals surface area (Å²) in [7, 11) is -3.30. The number of halogens is 3. The Morgan fingerprint density at radius 1 is 1.05 bits per heavy atom. The number of likely N-dealkylation sites (N-methyl/N-ethyl adjacent to an activating group) is 1. The number of hydrogen-bond acceptors (Lipinski definition) is 5. The van der Waals surface area contributed by atoms with Crippen molar-refractivity contribution in [3.8, 4) is 0 Å². The van der Waals surface area contributed by atoms with Crippen LogP contribution in [0.5, 0.6) is 0 Å². The fraction of sp³-hybridized carbons (Fsp3) is 0.500. The maximum atomic E-state index is 13.1. The van der Waals surface area contributed by atoms with Crippen LogP contribution in [0.15, 0.2) is 59.5 Å². The molecule has 11 heteroatoms. The van der Waals surface area contributed by atoms with Crippen molar-refractivity contribution >= 4 is 21.7 Å². The van der Waals surface area contributed by atoms with Crippen LogP contribution in [0, 0.1) is 0 Å². The normalized spacial score (nSPS) is 16.0. The topological polar surface area (TPSA) is 86.8 Å². The van der Waals surface area contributed by atoms with E-state index >= 15 is 0 Å². The summed E-state index contributed by atoms with van der Waals surface area (Å²) < 4.78 is 61.4. The molecule has 1 unspecified atom stereocenters. The Kier molecular flexibility index (Phi) is 10.5. The molecule has 0 aromatic heterocycles. The smallest absolute Gasteiger partial charge is 0.349 e. The van der Waals surface area contributed by atoms with Gasteiger partial charge < -0.3 is 15.1 Å². The Morgan fingerprint density at radius 3 is 2.21 bits per heavy atom. The van der Waals surface area contributed by atoms with Crippen LogP contribution >= 0.6 is 0 Å². The fourth-order valence-corrected chi connectivity index (χ4v) is 5.60. The molecule has 3 rings (SSSR count). The Hall–Kier alpha value is -2.92. The zero-order chi connectivity index (χ0) is 28.6. The van der Waals surface area contributed by atoms with Crippen molar-refractivity contribution in [3.05, 3.63) is 65.7 Å². The van der Waals surface area contributed by atoms with Crippen molar-refractivity contribution in [2.75, 3.05) is 32.4 Å². The average Bonchev–Trinajstić information content (AvgIpc) is 2.87. The molecule has 1 aliphatic heterocycles. The molecule has 1 saturated heterocycles. The first-order valence-electron chi connectivity index (χ1n) is 13.1. The molecule has 0 saturated carbocycles. The highest BCUT2D eigenvalue weighted by Crippen LogP contribution is 2.24. The molecule has 0 aliphatic carbocycles. The van der Waals surface area contributed by atoms with Crippen molar-refractivity contribution in [2.45, 2.75) is 62.2 Å². The molecule has 7 nitrogen and oxygen atoms in total. The zero-order valence-electron chi connectivity index (χ0n) is 22.3. The quantitative estimate of drug-likeness (QED) is 0.441. The monoisotopic (exact) mass is 567 g/mol. The third-order valence-corrected chi connectivity index (χ3v) is 8.13. The van der Waals surface area contributed by atoms with Gasteiger partial charge in [-0.05, 0) is 49.4 Å². The minimum Gasteiger partial charge on any atom is -0.349 e. The number of nitrogens with one attached hydrogen (secondary N) is 1. The summed E-state index contributed by atoms with van der Waals surface area (Å²) in [4.78, 5) is 29.3. The van der Waals surface area contributed by atoms with Gasteiger partial charge in [0.05, 0.1) is 17.4 Å². The van der Waals surface area contributed by atoms with E-state index in [1.54, 1.807) is 36.4 Å². The lowest BCUT2D eigenvalue weighted by atomic mass is 9.99. The van der Waals surface area contributed by atoms with Crippen LogP contribution in [-0.4, -0.2) is 74.7 Å². The van der Waals surface area contributed by atoms with Crippen molar-refractivity contribution < 1.29 is 31.2 Å².